The van der Waals surface area contributed by atoms with Gasteiger partial charge < -0.3 is 16.0 Å². The van der Waals surface area contributed by atoms with Gasteiger partial charge in [0.2, 0.25) is 11.8 Å². The van der Waals surface area contributed by atoms with Gasteiger partial charge in [-0.1, -0.05) is 58.5 Å². The molecule has 0 radical (unpaired) electrons. The number of amides is 2. The molecule has 2 aromatic carbocycles. The third-order valence-corrected chi connectivity index (χ3v) is 7.29. The summed E-state index contributed by atoms with van der Waals surface area (Å²) in [6, 6.07) is 9.34. The molecule has 1 aliphatic heterocycles. The van der Waals surface area contributed by atoms with E-state index in [0.717, 1.165) is 6.42 Å². The van der Waals surface area contributed by atoms with Crippen molar-refractivity contribution in [2.45, 2.75) is 32.2 Å². The average Bonchev–Trinajstić information content (AvgIpc) is 2.85. The maximum atomic E-state index is 13.6. The summed E-state index contributed by atoms with van der Waals surface area (Å²) in [5.74, 6) is -0.794. The van der Waals surface area contributed by atoms with E-state index < -0.39 is 6.04 Å². The summed E-state index contributed by atoms with van der Waals surface area (Å²) in [5, 5.41) is 4.24. The standard InChI is InChI=1S/C27H27Cl4N3O3/c1-16(35)33-25(4-2-3-9-32)27(37)34-14-19(10-17-5-7-21(28)23(30)12-17)26(36)20(15-34)11-18-6-8-22(29)24(31)13-18/h5-8,10-13,25H,2-4,9,14-15,32H2,1H3,(H,33,35)/b19-10+,20-11+/t25-/m0/s1. The molecule has 0 aliphatic carbocycles. The van der Waals surface area contributed by atoms with Gasteiger partial charge in [-0.25, -0.2) is 0 Å². The number of nitrogens with zero attached hydrogens (tertiary/aromatic N) is 1. The molecular weight excluding hydrogens is 556 g/mol. The molecule has 10 heteroatoms. The zero-order chi connectivity index (χ0) is 27.1. The smallest absolute Gasteiger partial charge is 0.245 e. The number of carbonyl (C=O) groups is 3. The van der Waals surface area contributed by atoms with Crippen molar-refractivity contribution in [3.8, 4) is 0 Å². The Balaban J connectivity index is 2.00. The minimum atomic E-state index is -0.727. The van der Waals surface area contributed by atoms with Gasteiger partial charge in [0, 0.05) is 31.2 Å². The van der Waals surface area contributed by atoms with Crippen molar-refractivity contribution in [3.63, 3.8) is 0 Å². The highest BCUT2D eigenvalue weighted by Gasteiger charge is 2.33. The number of piperidine rings is 1. The maximum absolute atomic E-state index is 13.6. The number of hydrogen-bond donors (Lipinski definition) is 2. The third-order valence-electron chi connectivity index (χ3n) is 5.81. The first-order valence-electron chi connectivity index (χ1n) is 11.7. The number of hydrogen-bond acceptors (Lipinski definition) is 4. The molecule has 0 aromatic heterocycles. The van der Waals surface area contributed by atoms with Crippen LogP contribution in [0.1, 0.15) is 37.3 Å². The second-order valence-electron chi connectivity index (χ2n) is 8.75. The largest absolute Gasteiger partial charge is 0.345 e. The van der Waals surface area contributed by atoms with E-state index >= 15 is 0 Å². The lowest BCUT2D eigenvalue weighted by atomic mass is 9.93. The van der Waals surface area contributed by atoms with E-state index in [1.54, 1.807) is 53.5 Å². The van der Waals surface area contributed by atoms with Gasteiger partial charge in [0.1, 0.15) is 6.04 Å². The van der Waals surface area contributed by atoms with E-state index in [-0.39, 0.29) is 30.7 Å². The first kappa shape index (κ1) is 29.2. The van der Waals surface area contributed by atoms with Gasteiger partial charge in [0.05, 0.1) is 20.1 Å². The number of halogens is 4. The number of Topliss-reactive ketones (excluding diaryl/α,β-unsaturated/α-hetero) is 1. The van der Waals surface area contributed by atoms with Gasteiger partial charge in [-0.05, 0) is 73.4 Å². The molecule has 1 fully saturated rings. The highest BCUT2D eigenvalue weighted by atomic mass is 35.5. The van der Waals surface area contributed by atoms with Crippen molar-refractivity contribution in [2.75, 3.05) is 19.6 Å². The molecule has 0 unspecified atom stereocenters. The number of nitrogens with one attached hydrogen (secondary N) is 1. The minimum Gasteiger partial charge on any atom is -0.345 e. The van der Waals surface area contributed by atoms with Crippen molar-refractivity contribution >= 4 is 76.2 Å². The van der Waals surface area contributed by atoms with Crippen LogP contribution in [0.5, 0.6) is 0 Å². The zero-order valence-corrected chi connectivity index (χ0v) is 23.2. The fourth-order valence-corrected chi connectivity index (χ4v) is 4.63. The molecule has 1 aliphatic rings. The number of likely N-dealkylation sites (tertiary alicyclic amines) is 1. The zero-order valence-electron chi connectivity index (χ0n) is 20.2. The van der Waals surface area contributed by atoms with Crippen LogP contribution in [0.2, 0.25) is 20.1 Å². The molecule has 6 nitrogen and oxygen atoms in total. The molecule has 196 valence electrons. The van der Waals surface area contributed by atoms with E-state index in [4.69, 9.17) is 52.1 Å². The van der Waals surface area contributed by atoms with Gasteiger partial charge >= 0.3 is 0 Å². The number of unbranched alkanes of at least 4 members (excludes halogenated alkanes) is 1. The first-order valence-corrected chi connectivity index (χ1v) is 13.2. The van der Waals surface area contributed by atoms with Gasteiger partial charge in [-0.3, -0.25) is 14.4 Å². The van der Waals surface area contributed by atoms with Crippen LogP contribution in [0.15, 0.2) is 47.5 Å². The Kier molecular flexibility index (Phi) is 10.6. The number of nitrogens with two attached hydrogens (primary N) is 1. The highest BCUT2D eigenvalue weighted by molar-refractivity contribution is 6.42. The fraction of sp³-hybridized carbons (Fsp3) is 0.296. The summed E-state index contributed by atoms with van der Waals surface area (Å²) in [5.41, 5.74) is 7.73. The Morgan fingerprint density at radius 1 is 0.919 bits per heavy atom. The van der Waals surface area contributed by atoms with Crippen LogP contribution in [0, 0.1) is 0 Å². The number of ketones is 1. The van der Waals surface area contributed by atoms with E-state index in [1.807, 2.05) is 0 Å². The van der Waals surface area contributed by atoms with Crippen molar-refractivity contribution in [3.05, 3.63) is 78.8 Å². The van der Waals surface area contributed by atoms with Crippen molar-refractivity contribution in [1.29, 1.82) is 0 Å². The van der Waals surface area contributed by atoms with Crippen LogP contribution in [0.25, 0.3) is 12.2 Å². The van der Waals surface area contributed by atoms with Crippen LogP contribution < -0.4 is 11.1 Å². The Morgan fingerprint density at radius 2 is 1.43 bits per heavy atom. The molecule has 0 spiro atoms. The van der Waals surface area contributed by atoms with Gasteiger partial charge in [0.25, 0.3) is 0 Å². The molecule has 3 rings (SSSR count). The van der Waals surface area contributed by atoms with E-state index in [2.05, 4.69) is 5.32 Å². The predicted octanol–water partition coefficient (Wildman–Crippen LogP) is 5.81. The quantitative estimate of drug-likeness (QED) is 0.303. The summed E-state index contributed by atoms with van der Waals surface area (Å²) < 4.78 is 0. The fourth-order valence-electron chi connectivity index (χ4n) is 4.02. The van der Waals surface area contributed by atoms with Crippen molar-refractivity contribution in [2.24, 2.45) is 5.73 Å². The molecule has 0 saturated carbocycles. The Labute approximate surface area is 236 Å². The normalized spacial score (nSPS) is 16.8. The van der Waals surface area contributed by atoms with Crippen LogP contribution in [0.3, 0.4) is 0 Å². The third kappa shape index (κ3) is 8.06. The monoisotopic (exact) mass is 581 g/mol. The maximum Gasteiger partial charge on any atom is 0.245 e. The van der Waals surface area contributed by atoms with E-state index in [9.17, 15) is 14.4 Å². The summed E-state index contributed by atoms with van der Waals surface area (Å²) in [6.45, 7) is 2.01. The topological polar surface area (TPSA) is 92.5 Å². The summed E-state index contributed by atoms with van der Waals surface area (Å²) in [4.78, 5) is 40.4. The molecule has 0 bridgehead atoms. The molecular formula is C27H27Cl4N3O3. The number of rotatable bonds is 8. The lowest BCUT2D eigenvalue weighted by Gasteiger charge is -2.33. The Morgan fingerprint density at radius 3 is 1.86 bits per heavy atom. The summed E-state index contributed by atoms with van der Waals surface area (Å²) in [6.07, 6.45) is 5.23. The second-order valence-corrected chi connectivity index (χ2v) is 10.4. The predicted molar refractivity (Wildman–Crippen MR) is 151 cm³/mol. The van der Waals surface area contributed by atoms with Crippen molar-refractivity contribution < 1.29 is 14.4 Å². The number of carbonyl (C=O) groups excluding carboxylic acids is 3. The Bertz CT molecular complexity index is 1190. The van der Waals surface area contributed by atoms with Crippen LogP contribution in [-0.4, -0.2) is 48.2 Å². The van der Waals surface area contributed by atoms with E-state index in [0.29, 0.717) is 61.8 Å². The molecule has 37 heavy (non-hydrogen) atoms. The molecule has 1 atom stereocenters. The average molecular weight is 583 g/mol. The molecule has 1 saturated heterocycles. The Hall–Kier alpha value is -2.35. The number of benzene rings is 2. The summed E-state index contributed by atoms with van der Waals surface area (Å²) >= 11 is 24.4. The lowest BCUT2D eigenvalue weighted by Crippen LogP contribution is -2.51. The van der Waals surface area contributed by atoms with Crippen LogP contribution >= 0.6 is 46.4 Å². The first-order chi connectivity index (χ1) is 17.6. The SMILES string of the molecule is CC(=O)N[C@@H](CCCCN)C(=O)N1C/C(=C\c2ccc(Cl)c(Cl)c2)C(=O)/C(=C/c2ccc(Cl)c(Cl)c2)C1. The van der Waals surface area contributed by atoms with Gasteiger partial charge in [-0.2, -0.15) is 0 Å². The highest BCUT2D eigenvalue weighted by Crippen LogP contribution is 2.28. The summed E-state index contributed by atoms with van der Waals surface area (Å²) in [7, 11) is 0. The van der Waals surface area contributed by atoms with Gasteiger partial charge in [-0.15, -0.1) is 0 Å². The van der Waals surface area contributed by atoms with E-state index in [1.165, 1.54) is 6.92 Å². The second kappa shape index (κ2) is 13.4. The molecule has 1 heterocycles. The van der Waals surface area contributed by atoms with Crippen LogP contribution in [0.4, 0.5) is 0 Å². The van der Waals surface area contributed by atoms with Crippen molar-refractivity contribution in [1.82, 2.24) is 10.2 Å². The van der Waals surface area contributed by atoms with Crippen LogP contribution in [-0.2, 0) is 14.4 Å². The minimum absolute atomic E-state index is 0.0730. The van der Waals surface area contributed by atoms with Gasteiger partial charge in [0.15, 0.2) is 5.78 Å². The lowest BCUT2D eigenvalue weighted by molar-refractivity contribution is -0.136. The molecule has 2 aromatic rings. The molecule has 3 N–H and O–H groups in total. The molecule has 2 amide bonds.